The molecule has 0 saturated heterocycles. The first-order chi connectivity index (χ1) is 8.71. The quantitative estimate of drug-likeness (QED) is 0.534. The fourth-order valence-corrected chi connectivity index (χ4v) is 0.883. The molecule has 0 aromatic heterocycles. The van der Waals surface area contributed by atoms with Crippen molar-refractivity contribution in [2.24, 2.45) is 0 Å². The summed E-state index contributed by atoms with van der Waals surface area (Å²) < 4.78 is 0. The highest BCUT2D eigenvalue weighted by atomic mass is 14.2. The number of nitriles is 1. The van der Waals surface area contributed by atoms with E-state index in [1.807, 2.05) is 36.4 Å². The lowest BCUT2D eigenvalue weighted by molar-refractivity contribution is 1.54. The molecule has 1 heteroatoms. The van der Waals surface area contributed by atoms with E-state index in [0.717, 1.165) is 11.1 Å². The highest BCUT2D eigenvalue weighted by Gasteiger charge is 1.89. The Morgan fingerprint density at radius 2 is 1.17 bits per heavy atom. The average Bonchev–Trinajstić information content (AvgIpc) is 2.47. The Morgan fingerprint density at radius 1 is 0.833 bits per heavy atom. The largest absolute Gasteiger partial charge is 0.193 e. The van der Waals surface area contributed by atoms with Gasteiger partial charge in [0.15, 0.2) is 0 Å². The summed E-state index contributed by atoms with van der Waals surface area (Å²) in [7, 11) is 0. The van der Waals surface area contributed by atoms with Crippen LogP contribution in [-0.4, -0.2) is 0 Å². The first-order valence-corrected chi connectivity index (χ1v) is 5.29. The predicted molar refractivity (Wildman–Crippen MR) is 82.8 cm³/mol. The summed E-state index contributed by atoms with van der Waals surface area (Å²) in [5.74, 6) is 0. The van der Waals surface area contributed by atoms with Crippen LogP contribution in [0.1, 0.15) is 11.1 Å². The third kappa shape index (κ3) is 9.95. The molecule has 18 heavy (non-hydrogen) atoms. The molecule has 0 spiro atoms. The molecule has 0 bridgehead atoms. The van der Waals surface area contributed by atoms with E-state index in [4.69, 9.17) is 5.26 Å². The van der Waals surface area contributed by atoms with Gasteiger partial charge in [0.25, 0.3) is 0 Å². The van der Waals surface area contributed by atoms with Crippen molar-refractivity contribution in [2.45, 2.75) is 0 Å². The fraction of sp³-hybridized carbons (Fsp3) is 0. The second-order valence-electron chi connectivity index (χ2n) is 2.84. The highest BCUT2D eigenvalue weighted by Crippen LogP contribution is 2.10. The third-order valence-electron chi connectivity index (χ3n) is 1.69. The van der Waals surface area contributed by atoms with E-state index < -0.39 is 0 Å². The van der Waals surface area contributed by atoms with Crippen molar-refractivity contribution >= 4 is 12.2 Å². The normalized spacial score (nSPS) is 6.83. The van der Waals surface area contributed by atoms with Gasteiger partial charge in [0.05, 0.1) is 6.07 Å². The zero-order valence-corrected chi connectivity index (χ0v) is 10.7. The van der Waals surface area contributed by atoms with E-state index in [1.54, 1.807) is 18.2 Å². The maximum atomic E-state index is 7.51. The van der Waals surface area contributed by atoms with E-state index >= 15 is 0 Å². The fourth-order valence-electron chi connectivity index (χ4n) is 0.883. The van der Waals surface area contributed by atoms with Gasteiger partial charge < -0.3 is 0 Å². The van der Waals surface area contributed by atoms with Crippen molar-refractivity contribution < 1.29 is 0 Å². The number of allylic oxidation sites excluding steroid dienone is 3. The van der Waals surface area contributed by atoms with Gasteiger partial charge in [-0.3, -0.25) is 0 Å². The van der Waals surface area contributed by atoms with Crippen molar-refractivity contribution in [2.75, 3.05) is 0 Å². The summed E-state index contributed by atoms with van der Waals surface area (Å²) >= 11 is 0. The van der Waals surface area contributed by atoms with E-state index in [9.17, 15) is 0 Å². The zero-order chi connectivity index (χ0) is 14.2. The topological polar surface area (TPSA) is 23.8 Å². The third-order valence-corrected chi connectivity index (χ3v) is 1.69. The van der Waals surface area contributed by atoms with Crippen LogP contribution in [0.4, 0.5) is 0 Å². The summed E-state index contributed by atoms with van der Waals surface area (Å²) in [4.78, 5) is 0. The second-order valence-corrected chi connectivity index (χ2v) is 2.84. The molecule has 92 valence electrons. The van der Waals surface area contributed by atoms with Crippen LogP contribution < -0.4 is 0 Å². The molecule has 0 atom stereocenters. The van der Waals surface area contributed by atoms with Gasteiger partial charge in [0, 0.05) is 6.08 Å². The first kappa shape index (κ1) is 17.8. The molecule has 0 heterocycles. The van der Waals surface area contributed by atoms with Gasteiger partial charge in [-0.05, 0) is 11.1 Å². The van der Waals surface area contributed by atoms with Gasteiger partial charge in [-0.25, -0.2) is 0 Å². The summed E-state index contributed by atoms with van der Waals surface area (Å²) in [6, 6.07) is 9.71. The molecule has 1 aromatic rings. The Labute approximate surface area is 110 Å². The van der Waals surface area contributed by atoms with Gasteiger partial charge >= 0.3 is 0 Å². The van der Waals surface area contributed by atoms with E-state index in [-0.39, 0.29) is 0 Å². The number of nitrogens with zero attached hydrogens (tertiary/aromatic N) is 1. The lowest BCUT2D eigenvalue weighted by atomic mass is 10.1. The Balaban J connectivity index is 0. The minimum absolute atomic E-state index is 1.14. The lowest BCUT2D eigenvalue weighted by Crippen LogP contribution is -1.76. The molecule has 0 amide bonds. The lowest BCUT2D eigenvalue weighted by Gasteiger charge is -1.96. The van der Waals surface area contributed by atoms with Crippen LogP contribution in [-0.2, 0) is 0 Å². The summed E-state index contributed by atoms with van der Waals surface area (Å²) in [6.07, 6.45) is 8.12. The maximum absolute atomic E-state index is 7.51. The number of hydrogen-bond acceptors (Lipinski definition) is 1. The van der Waals surface area contributed by atoms with Crippen molar-refractivity contribution in [3.05, 3.63) is 86.5 Å². The molecule has 0 radical (unpaired) electrons. The Kier molecular flexibility index (Phi) is 14.2. The van der Waals surface area contributed by atoms with Gasteiger partial charge in [0.1, 0.15) is 0 Å². The van der Waals surface area contributed by atoms with E-state index in [1.165, 1.54) is 6.08 Å². The average molecular weight is 237 g/mol. The zero-order valence-electron chi connectivity index (χ0n) is 10.7. The predicted octanol–water partition coefficient (Wildman–Crippen LogP) is 5.03. The van der Waals surface area contributed by atoms with Crippen LogP contribution in [0.25, 0.3) is 12.2 Å². The molecule has 0 saturated carbocycles. The van der Waals surface area contributed by atoms with E-state index in [0.29, 0.717) is 0 Å². The Hall–Kier alpha value is -2.59. The standard InChI is InChI=1S/C10H10.C4H6.C3H3N/c1-3-9-7-5-6-8-10(9)4-2;1-3-4-2;1-2-3-4/h3-8H,1-2H2;3-4H,1-2H2;2H,1H2. The molecule has 1 nitrogen and oxygen atoms in total. The van der Waals surface area contributed by atoms with Crippen molar-refractivity contribution in [3.8, 4) is 6.07 Å². The SMILES string of the molecule is C=CC#N.C=CC=C.C=Cc1ccccc1C=C. The van der Waals surface area contributed by atoms with E-state index in [2.05, 4.69) is 32.9 Å². The second kappa shape index (κ2) is 14.4. The van der Waals surface area contributed by atoms with Crippen LogP contribution in [0.5, 0.6) is 0 Å². The molecular formula is C17H19N. The van der Waals surface area contributed by atoms with Gasteiger partial charge in [-0.1, -0.05) is 81.5 Å². The Morgan fingerprint density at radius 3 is 1.33 bits per heavy atom. The van der Waals surface area contributed by atoms with Gasteiger partial charge in [0.2, 0.25) is 0 Å². The number of hydrogen-bond donors (Lipinski definition) is 0. The van der Waals surface area contributed by atoms with Gasteiger partial charge in [-0.15, -0.1) is 0 Å². The number of rotatable bonds is 3. The molecule has 0 unspecified atom stereocenters. The van der Waals surface area contributed by atoms with Crippen molar-refractivity contribution in [3.63, 3.8) is 0 Å². The van der Waals surface area contributed by atoms with Gasteiger partial charge in [-0.2, -0.15) is 5.26 Å². The maximum Gasteiger partial charge on any atom is 0.0905 e. The molecule has 0 aliphatic heterocycles. The van der Waals surface area contributed by atoms with Crippen LogP contribution in [0.15, 0.2) is 75.4 Å². The number of benzene rings is 1. The van der Waals surface area contributed by atoms with Crippen LogP contribution >= 0.6 is 0 Å². The summed E-state index contributed by atoms with van der Waals surface area (Å²) in [6.45, 7) is 17.2. The molecular weight excluding hydrogens is 218 g/mol. The smallest absolute Gasteiger partial charge is 0.0905 e. The van der Waals surface area contributed by atoms with Crippen LogP contribution in [0.2, 0.25) is 0 Å². The highest BCUT2D eigenvalue weighted by molar-refractivity contribution is 5.63. The monoisotopic (exact) mass is 237 g/mol. The minimum Gasteiger partial charge on any atom is -0.193 e. The summed E-state index contributed by atoms with van der Waals surface area (Å²) in [5, 5.41) is 7.51. The van der Waals surface area contributed by atoms with Crippen molar-refractivity contribution in [1.82, 2.24) is 0 Å². The van der Waals surface area contributed by atoms with Crippen LogP contribution in [0.3, 0.4) is 0 Å². The van der Waals surface area contributed by atoms with Crippen LogP contribution in [0, 0.1) is 11.3 Å². The molecule has 0 fully saturated rings. The Bertz CT molecular complexity index is 400. The molecule has 1 aromatic carbocycles. The van der Waals surface area contributed by atoms with Crippen molar-refractivity contribution in [1.29, 1.82) is 5.26 Å². The molecule has 1 rings (SSSR count). The summed E-state index contributed by atoms with van der Waals surface area (Å²) in [5.41, 5.74) is 2.27. The molecule has 0 aliphatic carbocycles. The molecule has 0 aliphatic rings. The molecule has 0 N–H and O–H groups in total. The first-order valence-electron chi connectivity index (χ1n) is 5.29. The minimum atomic E-state index is 1.14.